The van der Waals surface area contributed by atoms with Crippen molar-refractivity contribution in [1.29, 1.82) is 0 Å². The van der Waals surface area contributed by atoms with Crippen molar-refractivity contribution in [3.05, 3.63) is 40.4 Å². The van der Waals surface area contributed by atoms with E-state index in [0.717, 1.165) is 17.1 Å². The molecule has 2 aromatic rings. The SMILES string of the molecule is COc1ccccc1CNn1c(C)n[nH]c1=S. The molecular weight excluding hydrogens is 236 g/mol. The number of methoxy groups -OCH3 is 1. The fraction of sp³-hybridized carbons (Fsp3) is 0.273. The molecule has 17 heavy (non-hydrogen) atoms. The van der Waals surface area contributed by atoms with Gasteiger partial charge in [-0.1, -0.05) is 18.2 Å². The monoisotopic (exact) mass is 250 g/mol. The Balaban J connectivity index is 2.15. The first-order chi connectivity index (χ1) is 8.22. The van der Waals surface area contributed by atoms with E-state index in [2.05, 4.69) is 15.6 Å². The summed E-state index contributed by atoms with van der Waals surface area (Å²) in [6.07, 6.45) is 0. The molecule has 0 aliphatic rings. The second-order valence-electron chi connectivity index (χ2n) is 3.56. The number of aromatic amines is 1. The van der Waals surface area contributed by atoms with Gasteiger partial charge in [0.15, 0.2) is 0 Å². The zero-order valence-electron chi connectivity index (χ0n) is 9.73. The first kappa shape index (κ1) is 11.7. The van der Waals surface area contributed by atoms with E-state index in [1.54, 1.807) is 11.8 Å². The molecule has 1 aromatic carbocycles. The maximum Gasteiger partial charge on any atom is 0.214 e. The highest BCUT2D eigenvalue weighted by Gasteiger charge is 2.03. The summed E-state index contributed by atoms with van der Waals surface area (Å²) in [5.74, 6) is 1.65. The highest BCUT2D eigenvalue weighted by Crippen LogP contribution is 2.17. The van der Waals surface area contributed by atoms with Crippen LogP contribution in [0.5, 0.6) is 5.75 Å². The zero-order chi connectivity index (χ0) is 12.3. The smallest absolute Gasteiger partial charge is 0.214 e. The van der Waals surface area contributed by atoms with Gasteiger partial charge in [0.05, 0.1) is 13.7 Å². The highest BCUT2D eigenvalue weighted by atomic mass is 32.1. The maximum atomic E-state index is 5.28. The van der Waals surface area contributed by atoms with Crippen molar-refractivity contribution in [2.75, 3.05) is 12.5 Å². The van der Waals surface area contributed by atoms with Crippen LogP contribution in [0.4, 0.5) is 0 Å². The molecule has 0 atom stereocenters. The molecular formula is C11H14N4OS. The van der Waals surface area contributed by atoms with Gasteiger partial charge in [0.25, 0.3) is 0 Å². The summed E-state index contributed by atoms with van der Waals surface area (Å²) in [4.78, 5) is 0. The summed E-state index contributed by atoms with van der Waals surface area (Å²) in [6, 6.07) is 7.85. The van der Waals surface area contributed by atoms with E-state index in [1.807, 2.05) is 31.2 Å². The van der Waals surface area contributed by atoms with Crippen molar-refractivity contribution in [2.24, 2.45) is 0 Å². The number of hydrogen-bond acceptors (Lipinski definition) is 4. The molecule has 0 fully saturated rings. The lowest BCUT2D eigenvalue weighted by atomic mass is 10.2. The van der Waals surface area contributed by atoms with Crippen molar-refractivity contribution in [1.82, 2.24) is 14.9 Å². The van der Waals surface area contributed by atoms with E-state index in [4.69, 9.17) is 17.0 Å². The van der Waals surface area contributed by atoms with Gasteiger partial charge in [-0.05, 0) is 25.2 Å². The lowest BCUT2D eigenvalue weighted by Gasteiger charge is -2.11. The quantitative estimate of drug-likeness (QED) is 0.815. The minimum absolute atomic E-state index is 0.553. The molecule has 5 nitrogen and oxygen atoms in total. The first-order valence-electron chi connectivity index (χ1n) is 5.22. The largest absolute Gasteiger partial charge is 0.496 e. The average molecular weight is 250 g/mol. The van der Waals surface area contributed by atoms with Gasteiger partial charge in [-0.25, -0.2) is 4.68 Å². The number of nitrogens with zero attached hydrogens (tertiary/aromatic N) is 2. The molecule has 0 spiro atoms. The molecule has 1 aromatic heterocycles. The molecule has 0 radical (unpaired) electrons. The van der Waals surface area contributed by atoms with Crippen LogP contribution in [0.3, 0.4) is 0 Å². The van der Waals surface area contributed by atoms with Crippen molar-refractivity contribution in [3.63, 3.8) is 0 Å². The number of para-hydroxylation sites is 1. The third kappa shape index (κ3) is 2.47. The molecule has 2 rings (SSSR count). The van der Waals surface area contributed by atoms with Crippen LogP contribution in [0.15, 0.2) is 24.3 Å². The van der Waals surface area contributed by atoms with Gasteiger partial charge in [0, 0.05) is 5.56 Å². The van der Waals surface area contributed by atoms with E-state index in [0.29, 0.717) is 11.3 Å². The van der Waals surface area contributed by atoms with E-state index >= 15 is 0 Å². The predicted octanol–water partition coefficient (Wildman–Crippen LogP) is 2.00. The van der Waals surface area contributed by atoms with Gasteiger partial charge in [-0.2, -0.15) is 5.10 Å². The Labute approximate surface area is 104 Å². The first-order valence-corrected chi connectivity index (χ1v) is 5.63. The molecule has 0 bridgehead atoms. The van der Waals surface area contributed by atoms with Gasteiger partial charge < -0.3 is 10.2 Å². The fourth-order valence-corrected chi connectivity index (χ4v) is 1.82. The number of H-pyrrole nitrogens is 1. The van der Waals surface area contributed by atoms with E-state index < -0.39 is 0 Å². The van der Waals surface area contributed by atoms with Crippen molar-refractivity contribution < 1.29 is 4.74 Å². The zero-order valence-corrected chi connectivity index (χ0v) is 10.5. The van der Waals surface area contributed by atoms with Crippen LogP contribution >= 0.6 is 12.2 Å². The van der Waals surface area contributed by atoms with Crippen molar-refractivity contribution in [2.45, 2.75) is 13.5 Å². The van der Waals surface area contributed by atoms with E-state index in [9.17, 15) is 0 Å². The van der Waals surface area contributed by atoms with Crippen LogP contribution in [-0.2, 0) is 6.54 Å². The Kier molecular flexibility index (Phi) is 3.43. The Morgan fingerprint density at radius 1 is 1.47 bits per heavy atom. The normalized spacial score (nSPS) is 10.2. The molecule has 2 N–H and O–H groups in total. The summed E-state index contributed by atoms with van der Waals surface area (Å²) in [5, 5.41) is 6.75. The number of rotatable bonds is 4. The number of ether oxygens (including phenoxy) is 1. The molecule has 6 heteroatoms. The van der Waals surface area contributed by atoms with Crippen LogP contribution in [0, 0.1) is 11.7 Å². The molecule has 0 aliphatic carbocycles. The second-order valence-corrected chi connectivity index (χ2v) is 3.94. The summed E-state index contributed by atoms with van der Waals surface area (Å²) in [7, 11) is 1.66. The summed E-state index contributed by atoms with van der Waals surface area (Å²) >= 11 is 5.10. The van der Waals surface area contributed by atoms with E-state index in [1.165, 1.54) is 0 Å². The van der Waals surface area contributed by atoms with Crippen LogP contribution in [0.1, 0.15) is 11.4 Å². The fourth-order valence-electron chi connectivity index (χ4n) is 1.58. The van der Waals surface area contributed by atoms with Gasteiger partial charge in [-0.3, -0.25) is 5.10 Å². The molecule has 0 saturated heterocycles. The van der Waals surface area contributed by atoms with Crippen LogP contribution in [-0.4, -0.2) is 22.0 Å². The van der Waals surface area contributed by atoms with Gasteiger partial charge in [-0.15, -0.1) is 0 Å². The summed E-state index contributed by atoms with van der Waals surface area (Å²) < 4.78 is 7.57. The number of hydrogen-bond donors (Lipinski definition) is 2. The summed E-state index contributed by atoms with van der Waals surface area (Å²) in [5.41, 5.74) is 4.26. The third-order valence-corrected chi connectivity index (χ3v) is 2.73. The minimum atomic E-state index is 0.553. The van der Waals surface area contributed by atoms with Gasteiger partial charge >= 0.3 is 0 Å². The average Bonchev–Trinajstić information content (AvgIpc) is 2.67. The predicted molar refractivity (Wildman–Crippen MR) is 68.2 cm³/mol. The molecule has 0 saturated carbocycles. The maximum absolute atomic E-state index is 5.28. The molecule has 0 amide bonds. The van der Waals surface area contributed by atoms with Gasteiger partial charge in [0.1, 0.15) is 11.6 Å². The minimum Gasteiger partial charge on any atom is -0.496 e. The van der Waals surface area contributed by atoms with Crippen molar-refractivity contribution in [3.8, 4) is 5.75 Å². The highest BCUT2D eigenvalue weighted by molar-refractivity contribution is 7.71. The molecule has 0 aliphatic heterocycles. The van der Waals surface area contributed by atoms with Crippen molar-refractivity contribution >= 4 is 12.2 Å². The molecule has 0 unspecified atom stereocenters. The van der Waals surface area contributed by atoms with Crippen LogP contribution < -0.4 is 10.2 Å². The Bertz CT molecular complexity index is 561. The van der Waals surface area contributed by atoms with Gasteiger partial charge in [0.2, 0.25) is 4.77 Å². The topological polar surface area (TPSA) is 54.9 Å². The number of benzene rings is 1. The third-order valence-electron chi connectivity index (χ3n) is 2.46. The number of aromatic nitrogens is 3. The number of aryl methyl sites for hydroxylation is 1. The van der Waals surface area contributed by atoms with Crippen LogP contribution in [0.25, 0.3) is 0 Å². The van der Waals surface area contributed by atoms with E-state index in [-0.39, 0.29) is 0 Å². The Hall–Kier alpha value is -1.82. The standard InChI is InChI=1S/C11H14N4OS/c1-8-13-14-11(17)15(8)12-7-9-5-3-4-6-10(9)16-2/h3-6,12H,7H2,1-2H3,(H,14,17). The Morgan fingerprint density at radius 3 is 2.88 bits per heavy atom. The lowest BCUT2D eigenvalue weighted by molar-refractivity contribution is 0.409. The number of nitrogens with one attached hydrogen (secondary N) is 2. The summed E-state index contributed by atoms with van der Waals surface area (Å²) in [6.45, 7) is 2.50. The van der Waals surface area contributed by atoms with Crippen LogP contribution in [0.2, 0.25) is 0 Å². The lowest BCUT2D eigenvalue weighted by Crippen LogP contribution is -2.16. The molecule has 90 valence electrons. The molecule has 1 heterocycles. The Morgan fingerprint density at radius 2 is 2.24 bits per heavy atom. The second kappa shape index (κ2) is 5.01.